The molecule has 1 aromatic heterocycles. The first-order valence-electron chi connectivity index (χ1n) is 9.85. The molecule has 0 N–H and O–H groups in total. The molecule has 13 heteroatoms. The highest BCUT2D eigenvalue weighted by Crippen LogP contribution is 2.25. The van der Waals surface area contributed by atoms with E-state index in [1.165, 1.54) is 16.4 Å². The summed E-state index contributed by atoms with van der Waals surface area (Å²) in [6, 6.07) is 10.4. The summed E-state index contributed by atoms with van der Waals surface area (Å²) in [4.78, 5) is 41.7. The van der Waals surface area contributed by atoms with Gasteiger partial charge in [-0.05, 0) is 17.7 Å². The van der Waals surface area contributed by atoms with Crippen LogP contribution in [0.5, 0.6) is 0 Å². The molecule has 11 nitrogen and oxygen atoms in total. The maximum atomic E-state index is 12.9. The van der Waals surface area contributed by atoms with Crippen molar-refractivity contribution >= 4 is 45.5 Å². The number of anilines is 1. The van der Waals surface area contributed by atoms with Crippen LogP contribution in [0.15, 0.2) is 42.5 Å². The number of benzene rings is 2. The molecule has 1 fully saturated rings. The molecule has 0 unspecified atom stereocenters. The number of nitrogens with zero attached hydrogens (tertiary/aromatic N) is 6. The fraction of sp³-hybridized carbons (Fsp3) is 0.250. The average molecular weight is 489 g/mol. The number of carbonyl (C=O) groups excluding carboxylic acids is 1. The van der Waals surface area contributed by atoms with Crippen molar-refractivity contribution in [1.29, 1.82) is 0 Å². The summed E-state index contributed by atoms with van der Waals surface area (Å²) in [6.45, 7) is 1.69. The molecule has 0 radical (unpaired) electrons. The summed E-state index contributed by atoms with van der Waals surface area (Å²) in [7, 11) is 0. The second-order valence-electron chi connectivity index (χ2n) is 7.33. The summed E-state index contributed by atoms with van der Waals surface area (Å²) < 4.78 is 4.41. The van der Waals surface area contributed by atoms with Crippen molar-refractivity contribution in [2.45, 2.75) is 6.42 Å². The first-order chi connectivity index (χ1) is 15.8. The smallest absolute Gasteiger partial charge is 0.277 e. The summed E-state index contributed by atoms with van der Waals surface area (Å²) in [5.41, 5.74) is -0.0164. The van der Waals surface area contributed by atoms with Crippen molar-refractivity contribution in [3.63, 3.8) is 0 Å². The number of piperazine rings is 1. The van der Waals surface area contributed by atoms with Crippen LogP contribution in [-0.4, -0.2) is 56.2 Å². The third kappa shape index (κ3) is 5.23. The van der Waals surface area contributed by atoms with Crippen LogP contribution < -0.4 is 4.90 Å². The van der Waals surface area contributed by atoms with Crippen molar-refractivity contribution in [1.82, 2.24) is 14.3 Å². The number of carbonyl (C=O) groups is 1. The van der Waals surface area contributed by atoms with Crippen LogP contribution in [0.1, 0.15) is 21.7 Å². The summed E-state index contributed by atoms with van der Waals surface area (Å²) in [5.74, 6) is 0.210. The zero-order valence-corrected chi connectivity index (χ0v) is 18.7. The van der Waals surface area contributed by atoms with Gasteiger partial charge in [-0.1, -0.05) is 23.7 Å². The van der Waals surface area contributed by atoms with E-state index >= 15 is 0 Å². The maximum Gasteiger partial charge on any atom is 0.277 e. The van der Waals surface area contributed by atoms with Gasteiger partial charge in [-0.15, -0.1) is 0 Å². The number of rotatable bonds is 6. The van der Waals surface area contributed by atoms with Gasteiger partial charge in [0.25, 0.3) is 17.3 Å². The van der Waals surface area contributed by atoms with Crippen LogP contribution in [-0.2, 0) is 6.42 Å². The quantitative estimate of drug-likeness (QED) is 0.379. The zero-order chi connectivity index (χ0) is 23.5. The Labute approximate surface area is 196 Å². The highest BCUT2D eigenvalue weighted by Gasteiger charge is 2.27. The van der Waals surface area contributed by atoms with Gasteiger partial charge in [-0.25, -0.2) is 4.98 Å². The molecular weight excluding hydrogens is 472 g/mol. The van der Waals surface area contributed by atoms with E-state index in [2.05, 4.69) is 9.36 Å². The monoisotopic (exact) mass is 488 g/mol. The fourth-order valence-corrected chi connectivity index (χ4v) is 4.31. The Morgan fingerprint density at radius 2 is 1.61 bits per heavy atom. The first-order valence-corrected chi connectivity index (χ1v) is 11.0. The Hall–Kier alpha value is -3.64. The molecular formula is C20H17ClN6O5S. The molecule has 0 atom stereocenters. The lowest BCUT2D eigenvalue weighted by molar-refractivity contribution is -0.394. The molecule has 1 aliphatic rings. The van der Waals surface area contributed by atoms with E-state index < -0.39 is 27.1 Å². The lowest BCUT2D eigenvalue weighted by Gasteiger charge is -2.34. The van der Waals surface area contributed by atoms with Crippen LogP contribution >= 0.6 is 23.1 Å². The van der Waals surface area contributed by atoms with Crippen molar-refractivity contribution in [2.24, 2.45) is 0 Å². The van der Waals surface area contributed by atoms with E-state index in [1.807, 2.05) is 29.2 Å². The van der Waals surface area contributed by atoms with Crippen LogP contribution in [0, 0.1) is 20.2 Å². The number of aromatic nitrogens is 2. The van der Waals surface area contributed by atoms with E-state index in [1.54, 1.807) is 0 Å². The molecule has 1 amide bonds. The molecule has 0 aliphatic carbocycles. The number of halogens is 1. The summed E-state index contributed by atoms with van der Waals surface area (Å²) in [6.07, 6.45) is 0.581. The number of amides is 1. The number of nitro benzene ring substituents is 2. The molecule has 2 heterocycles. The molecule has 170 valence electrons. The normalized spacial score (nSPS) is 13.7. The topological polar surface area (TPSA) is 136 Å². The van der Waals surface area contributed by atoms with Gasteiger partial charge in [-0.3, -0.25) is 25.0 Å². The maximum absolute atomic E-state index is 12.9. The lowest BCUT2D eigenvalue weighted by atomic mass is 10.1. The van der Waals surface area contributed by atoms with Crippen molar-refractivity contribution < 1.29 is 14.6 Å². The predicted octanol–water partition coefficient (Wildman–Crippen LogP) is 3.56. The molecule has 0 bridgehead atoms. The number of non-ortho nitro benzene ring substituents is 2. The van der Waals surface area contributed by atoms with Crippen LogP contribution in [0.3, 0.4) is 0 Å². The van der Waals surface area contributed by atoms with E-state index in [4.69, 9.17) is 11.6 Å². The van der Waals surface area contributed by atoms with Gasteiger partial charge in [0.05, 0.1) is 21.5 Å². The average Bonchev–Trinajstić information content (AvgIpc) is 3.28. The third-order valence-corrected chi connectivity index (χ3v) is 6.21. The number of hydrogen-bond donors (Lipinski definition) is 0. The second kappa shape index (κ2) is 9.46. The van der Waals surface area contributed by atoms with Gasteiger partial charge in [0.15, 0.2) is 0 Å². The first kappa shape index (κ1) is 22.6. The van der Waals surface area contributed by atoms with E-state index in [0.29, 0.717) is 43.4 Å². The number of nitro groups is 2. The Morgan fingerprint density at radius 3 is 2.18 bits per heavy atom. The standard InChI is InChI=1S/C20H17ClN6O5S/c21-15-3-1-13(2-4-15)9-18-22-20(33-23-18)25-7-5-24(6-8-25)19(28)14-10-16(26(29)30)12-17(11-14)27(31)32/h1-4,10-12H,5-9H2. The van der Waals surface area contributed by atoms with Gasteiger partial charge in [0.2, 0.25) is 5.13 Å². The largest absolute Gasteiger partial charge is 0.343 e. The predicted molar refractivity (Wildman–Crippen MR) is 122 cm³/mol. The Morgan fingerprint density at radius 1 is 1.00 bits per heavy atom. The Kier molecular flexibility index (Phi) is 6.47. The van der Waals surface area contributed by atoms with E-state index in [9.17, 15) is 25.0 Å². The van der Waals surface area contributed by atoms with Crippen molar-refractivity contribution in [2.75, 3.05) is 31.1 Å². The molecule has 33 heavy (non-hydrogen) atoms. The Bertz CT molecular complexity index is 1180. The number of hydrogen-bond acceptors (Lipinski definition) is 9. The third-order valence-electron chi connectivity index (χ3n) is 5.14. The zero-order valence-electron chi connectivity index (χ0n) is 17.1. The fourth-order valence-electron chi connectivity index (χ4n) is 3.44. The van der Waals surface area contributed by atoms with Crippen LogP contribution in [0.25, 0.3) is 0 Å². The SMILES string of the molecule is O=C(c1cc([N+](=O)[O-])cc([N+](=O)[O-])c1)N1CCN(c2nc(Cc3ccc(Cl)cc3)ns2)CC1. The summed E-state index contributed by atoms with van der Waals surface area (Å²) in [5, 5.41) is 23.6. The van der Waals surface area contributed by atoms with Crippen molar-refractivity contribution in [3.8, 4) is 0 Å². The molecule has 3 aromatic rings. The molecule has 0 spiro atoms. The Balaban J connectivity index is 1.40. The lowest BCUT2D eigenvalue weighted by Crippen LogP contribution is -2.48. The van der Waals surface area contributed by atoms with Gasteiger partial charge >= 0.3 is 0 Å². The molecule has 1 saturated heterocycles. The minimum atomic E-state index is -0.751. The van der Waals surface area contributed by atoms with Gasteiger partial charge < -0.3 is 9.80 Å². The van der Waals surface area contributed by atoms with Crippen molar-refractivity contribution in [3.05, 3.63) is 84.7 Å². The molecule has 4 rings (SSSR count). The summed E-state index contributed by atoms with van der Waals surface area (Å²) >= 11 is 7.19. The van der Waals surface area contributed by atoms with Crippen LogP contribution in [0.4, 0.5) is 16.5 Å². The minimum absolute atomic E-state index is 0.0782. The second-order valence-corrected chi connectivity index (χ2v) is 8.49. The van der Waals surface area contributed by atoms with Gasteiger partial charge in [-0.2, -0.15) is 4.37 Å². The molecule has 1 aliphatic heterocycles. The van der Waals surface area contributed by atoms with Crippen LogP contribution in [0.2, 0.25) is 5.02 Å². The highest BCUT2D eigenvalue weighted by molar-refractivity contribution is 7.09. The molecule has 2 aromatic carbocycles. The minimum Gasteiger partial charge on any atom is -0.343 e. The molecule has 0 saturated carbocycles. The van der Waals surface area contributed by atoms with E-state index in [-0.39, 0.29) is 5.56 Å². The highest BCUT2D eigenvalue weighted by atomic mass is 35.5. The van der Waals surface area contributed by atoms with E-state index in [0.717, 1.165) is 28.9 Å². The van der Waals surface area contributed by atoms with Gasteiger partial charge in [0.1, 0.15) is 5.82 Å². The van der Waals surface area contributed by atoms with Gasteiger partial charge in [0, 0.05) is 61.3 Å².